The van der Waals surface area contributed by atoms with Gasteiger partial charge in [-0.1, -0.05) is 40.8 Å². The molecule has 7 nitrogen and oxygen atoms in total. The van der Waals surface area contributed by atoms with Gasteiger partial charge < -0.3 is 5.32 Å². The first-order valence-electron chi connectivity index (χ1n) is 8.10. The third kappa shape index (κ3) is 5.65. The molecule has 0 radical (unpaired) electrons. The summed E-state index contributed by atoms with van der Waals surface area (Å²) in [6, 6.07) is 12.9. The second-order valence-corrected chi connectivity index (χ2v) is 11.1. The van der Waals surface area contributed by atoms with Crippen LogP contribution in [0.3, 0.4) is 0 Å². The number of benzene rings is 2. The Kier molecular flexibility index (Phi) is 6.76. The van der Waals surface area contributed by atoms with Crippen LogP contribution in [0.2, 0.25) is 5.02 Å². The molecule has 1 heterocycles. The number of halogens is 1. The lowest BCUT2D eigenvalue weighted by Gasteiger charge is -2.11. The van der Waals surface area contributed by atoms with Crippen molar-refractivity contribution in [1.29, 1.82) is 0 Å². The second kappa shape index (κ2) is 8.94. The molecule has 2 aromatic carbocycles. The molecule has 0 aliphatic heterocycles. The number of anilines is 1. The molecule has 0 saturated heterocycles. The third-order valence-electron chi connectivity index (χ3n) is 3.68. The van der Waals surface area contributed by atoms with Crippen LogP contribution in [0.4, 0.5) is 5.69 Å². The molecule has 0 fully saturated rings. The van der Waals surface area contributed by atoms with Crippen LogP contribution in [0.15, 0.2) is 57.8 Å². The summed E-state index contributed by atoms with van der Waals surface area (Å²) in [5.74, 6) is -0.305. The number of aromatic nitrogens is 2. The van der Waals surface area contributed by atoms with Crippen molar-refractivity contribution in [2.24, 2.45) is 5.14 Å². The number of carbonyl (C=O) groups is 1. The van der Waals surface area contributed by atoms with Crippen molar-refractivity contribution in [3.63, 3.8) is 0 Å². The molecule has 12 heteroatoms. The fraction of sp³-hybridized carbons (Fsp3) is 0.118. The van der Waals surface area contributed by atoms with E-state index >= 15 is 0 Å². The topological polar surface area (TPSA) is 107 Å². The van der Waals surface area contributed by atoms with Crippen LogP contribution >= 0.6 is 46.9 Å². The maximum absolute atomic E-state index is 12.5. The first-order chi connectivity index (χ1) is 13.6. The minimum atomic E-state index is -3.85. The number of nitrogens with one attached hydrogen (secondary N) is 1. The van der Waals surface area contributed by atoms with Gasteiger partial charge >= 0.3 is 0 Å². The maximum Gasteiger partial charge on any atom is 0.238 e. The summed E-state index contributed by atoms with van der Waals surface area (Å²) in [6.07, 6.45) is 0. The predicted octanol–water partition coefficient (Wildman–Crippen LogP) is 4.08. The number of nitrogens with two attached hydrogens (primary N) is 1. The highest BCUT2D eigenvalue weighted by atomic mass is 35.5. The van der Waals surface area contributed by atoms with Crippen LogP contribution in [-0.2, 0) is 14.8 Å². The SMILES string of the molecule is C[C@H](Sc1nn(-c2ccc(Cl)cc2)c(=S)s1)C(=O)Nc1cccc(S(N)(=O)=O)c1. The molecule has 29 heavy (non-hydrogen) atoms. The Hall–Kier alpha value is -1.76. The Morgan fingerprint density at radius 2 is 2.00 bits per heavy atom. The number of nitrogens with zero attached hydrogens (tertiary/aromatic N) is 2. The van der Waals surface area contributed by atoms with Gasteiger partial charge in [0, 0.05) is 10.7 Å². The molecule has 0 spiro atoms. The molecule has 3 rings (SSSR count). The molecule has 0 aliphatic carbocycles. The normalized spacial score (nSPS) is 12.5. The van der Waals surface area contributed by atoms with Crippen LogP contribution in [0.25, 0.3) is 5.69 Å². The molecule has 1 amide bonds. The van der Waals surface area contributed by atoms with Crippen molar-refractivity contribution in [2.75, 3.05) is 5.32 Å². The van der Waals surface area contributed by atoms with Gasteiger partial charge in [0.2, 0.25) is 15.9 Å². The average Bonchev–Trinajstić information content (AvgIpc) is 3.02. The highest BCUT2D eigenvalue weighted by molar-refractivity contribution is 8.02. The average molecular weight is 487 g/mol. The van der Waals surface area contributed by atoms with E-state index in [1.165, 1.54) is 41.3 Å². The molecule has 0 unspecified atom stereocenters. The number of hydrogen-bond acceptors (Lipinski definition) is 7. The molecular weight excluding hydrogens is 472 g/mol. The molecule has 3 N–H and O–H groups in total. The van der Waals surface area contributed by atoms with Gasteiger partial charge in [-0.15, -0.1) is 5.10 Å². The fourth-order valence-electron chi connectivity index (χ4n) is 2.25. The monoisotopic (exact) mass is 486 g/mol. The van der Waals surface area contributed by atoms with Crippen molar-refractivity contribution in [3.05, 3.63) is 57.5 Å². The van der Waals surface area contributed by atoms with E-state index in [1.807, 2.05) is 0 Å². The van der Waals surface area contributed by atoms with E-state index in [4.69, 9.17) is 29.0 Å². The van der Waals surface area contributed by atoms with Crippen molar-refractivity contribution in [3.8, 4) is 5.69 Å². The highest BCUT2D eigenvalue weighted by Gasteiger charge is 2.18. The minimum Gasteiger partial charge on any atom is -0.325 e. The summed E-state index contributed by atoms with van der Waals surface area (Å²) in [5.41, 5.74) is 1.12. The maximum atomic E-state index is 12.5. The van der Waals surface area contributed by atoms with Gasteiger partial charge in [-0.25, -0.2) is 18.2 Å². The van der Waals surface area contributed by atoms with Crippen molar-refractivity contribution < 1.29 is 13.2 Å². The quantitative estimate of drug-likeness (QED) is 0.401. The van der Waals surface area contributed by atoms with Gasteiger partial charge in [0.15, 0.2) is 8.29 Å². The zero-order valence-corrected chi connectivity index (χ0v) is 18.9. The summed E-state index contributed by atoms with van der Waals surface area (Å²) in [6.45, 7) is 1.72. The molecule has 1 atom stereocenters. The first kappa shape index (κ1) is 21.9. The smallest absolute Gasteiger partial charge is 0.238 e. The number of sulfonamides is 1. The van der Waals surface area contributed by atoms with E-state index in [1.54, 1.807) is 41.9 Å². The molecule has 3 aromatic rings. The second-order valence-electron chi connectivity index (χ2n) is 5.84. The van der Waals surface area contributed by atoms with E-state index in [0.29, 0.717) is 19.0 Å². The summed E-state index contributed by atoms with van der Waals surface area (Å²) in [4.78, 5) is 12.4. The standard InChI is InChI=1S/C17H15ClN4O3S4/c1-10(15(23)20-12-3-2-4-14(9-12)29(19,24)25)27-16-21-22(17(26)28-16)13-7-5-11(18)6-8-13/h2-10H,1H3,(H,20,23)(H2,19,24,25)/t10-/m0/s1. The Balaban J connectivity index is 1.71. The zero-order chi connectivity index (χ0) is 21.2. The van der Waals surface area contributed by atoms with E-state index in [-0.39, 0.29) is 10.8 Å². The molecule has 0 saturated carbocycles. The van der Waals surface area contributed by atoms with Crippen LogP contribution in [0.1, 0.15) is 6.92 Å². The van der Waals surface area contributed by atoms with E-state index in [9.17, 15) is 13.2 Å². The lowest BCUT2D eigenvalue weighted by molar-refractivity contribution is -0.115. The Morgan fingerprint density at radius 3 is 2.66 bits per heavy atom. The summed E-state index contributed by atoms with van der Waals surface area (Å²) >= 11 is 13.8. The molecular formula is C17H15ClN4O3S4. The van der Waals surface area contributed by atoms with Crippen LogP contribution in [-0.4, -0.2) is 29.4 Å². The van der Waals surface area contributed by atoms with Gasteiger partial charge in [-0.05, 0) is 61.6 Å². The van der Waals surface area contributed by atoms with E-state index in [2.05, 4.69) is 10.4 Å². The number of amides is 1. The number of thioether (sulfide) groups is 1. The van der Waals surface area contributed by atoms with Gasteiger partial charge in [0.25, 0.3) is 0 Å². The van der Waals surface area contributed by atoms with Gasteiger partial charge in [0.05, 0.1) is 15.8 Å². The lowest BCUT2D eigenvalue weighted by Crippen LogP contribution is -2.22. The molecule has 0 bridgehead atoms. The first-order valence-corrected chi connectivity index (χ1v) is 12.1. The number of primary sulfonamides is 1. The van der Waals surface area contributed by atoms with Gasteiger partial charge in [0.1, 0.15) is 0 Å². The van der Waals surface area contributed by atoms with Crippen molar-refractivity contribution in [2.45, 2.75) is 21.4 Å². The Morgan fingerprint density at radius 1 is 1.31 bits per heavy atom. The predicted molar refractivity (Wildman–Crippen MR) is 119 cm³/mol. The third-order valence-corrected chi connectivity index (χ3v) is 7.26. The lowest BCUT2D eigenvalue weighted by atomic mass is 10.3. The number of rotatable bonds is 6. The van der Waals surface area contributed by atoms with Gasteiger partial charge in [-0.3, -0.25) is 4.79 Å². The molecule has 0 aliphatic rings. The largest absolute Gasteiger partial charge is 0.325 e. The van der Waals surface area contributed by atoms with Crippen LogP contribution in [0.5, 0.6) is 0 Å². The van der Waals surface area contributed by atoms with Crippen molar-refractivity contribution in [1.82, 2.24) is 9.78 Å². The van der Waals surface area contributed by atoms with Gasteiger partial charge in [-0.2, -0.15) is 0 Å². The highest BCUT2D eigenvalue weighted by Crippen LogP contribution is 2.28. The van der Waals surface area contributed by atoms with Crippen LogP contribution in [0, 0.1) is 3.95 Å². The minimum absolute atomic E-state index is 0.0738. The Labute approximate surface area is 185 Å². The zero-order valence-electron chi connectivity index (χ0n) is 14.9. The summed E-state index contributed by atoms with van der Waals surface area (Å²) < 4.78 is 25.7. The van der Waals surface area contributed by atoms with E-state index in [0.717, 1.165) is 5.69 Å². The van der Waals surface area contributed by atoms with E-state index < -0.39 is 15.3 Å². The number of hydrogen-bond donors (Lipinski definition) is 2. The van der Waals surface area contributed by atoms with Crippen LogP contribution < -0.4 is 10.5 Å². The summed E-state index contributed by atoms with van der Waals surface area (Å²) in [5, 5.41) is 12.4. The number of carbonyl (C=O) groups excluding carboxylic acids is 1. The fourth-order valence-corrected chi connectivity index (χ4v) is 5.44. The summed E-state index contributed by atoms with van der Waals surface area (Å²) in [7, 11) is -3.85. The van der Waals surface area contributed by atoms with Crippen molar-refractivity contribution >= 4 is 68.5 Å². The molecule has 1 aromatic heterocycles. The Bertz CT molecular complexity index is 1210. The molecule has 152 valence electrons.